The second-order valence-corrected chi connectivity index (χ2v) is 4.23. The molecule has 0 aliphatic carbocycles. The molecule has 15 heavy (non-hydrogen) atoms. The van der Waals surface area contributed by atoms with Crippen LogP contribution in [0.2, 0.25) is 0 Å². The summed E-state index contributed by atoms with van der Waals surface area (Å²) < 4.78 is 0. The second-order valence-electron chi connectivity index (χ2n) is 4.23. The van der Waals surface area contributed by atoms with Crippen LogP contribution in [-0.4, -0.2) is 48.7 Å². The van der Waals surface area contributed by atoms with Gasteiger partial charge in [-0.25, -0.2) is 0 Å². The zero-order chi connectivity index (χ0) is 11.1. The number of rotatable bonds is 5. The van der Waals surface area contributed by atoms with Gasteiger partial charge in [-0.15, -0.1) is 0 Å². The normalized spacial score (nSPS) is 22.7. The van der Waals surface area contributed by atoms with Crippen LogP contribution in [0.3, 0.4) is 0 Å². The van der Waals surface area contributed by atoms with Crippen LogP contribution in [0.1, 0.15) is 26.2 Å². The van der Waals surface area contributed by atoms with E-state index >= 15 is 0 Å². The molecular weight excluding hydrogens is 192 g/mol. The molecule has 1 amide bonds. The van der Waals surface area contributed by atoms with Crippen molar-refractivity contribution in [2.45, 2.75) is 26.2 Å². The third kappa shape index (κ3) is 4.62. The van der Waals surface area contributed by atoms with Gasteiger partial charge in [0.25, 0.3) is 0 Å². The third-order valence-electron chi connectivity index (χ3n) is 2.98. The smallest absolute Gasteiger partial charge is 0.234 e. The quantitative estimate of drug-likeness (QED) is 0.688. The minimum Gasteiger partial charge on any atom is -0.395 e. The molecule has 0 bridgehead atoms. The molecular formula is C11H22N2O2. The van der Waals surface area contributed by atoms with E-state index in [0.717, 1.165) is 19.0 Å². The number of nitrogens with zero attached hydrogens (tertiary/aromatic N) is 1. The van der Waals surface area contributed by atoms with Crippen LogP contribution in [0.25, 0.3) is 0 Å². The first-order valence-electron chi connectivity index (χ1n) is 5.86. The summed E-state index contributed by atoms with van der Waals surface area (Å²) in [6, 6.07) is 0. The van der Waals surface area contributed by atoms with Gasteiger partial charge < -0.3 is 10.4 Å². The van der Waals surface area contributed by atoms with E-state index in [4.69, 9.17) is 5.11 Å². The van der Waals surface area contributed by atoms with Crippen LogP contribution in [0.4, 0.5) is 0 Å². The van der Waals surface area contributed by atoms with Gasteiger partial charge in [0.15, 0.2) is 0 Å². The summed E-state index contributed by atoms with van der Waals surface area (Å²) in [5, 5.41) is 11.3. The summed E-state index contributed by atoms with van der Waals surface area (Å²) in [6.45, 7) is 5.15. The Bertz CT molecular complexity index is 197. The Labute approximate surface area is 91.6 Å². The molecule has 0 radical (unpaired) electrons. The molecule has 88 valence electrons. The predicted octanol–water partition coefficient (Wildman–Crippen LogP) is 0.217. The maximum absolute atomic E-state index is 11.4. The molecule has 1 aliphatic rings. The molecule has 1 unspecified atom stereocenters. The fraction of sp³-hybridized carbons (Fsp3) is 0.909. The van der Waals surface area contributed by atoms with Gasteiger partial charge in [0.05, 0.1) is 13.2 Å². The van der Waals surface area contributed by atoms with E-state index in [1.54, 1.807) is 0 Å². The van der Waals surface area contributed by atoms with Gasteiger partial charge in [0.1, 0.15) is 0 Å². The summed E-state index contributed by atoms with van der Waals surface area (Å²) in [6.07, 6.45) is 3.70. The average Bonchev–Trinajstić information content (AvgIpc) is 2.26. The third-order valence-corrected chi connectivity index (χ3v) is 2.98. The lowest BCUT2D eigenvalue weighted by molar-refractivity contribution is -0.122. The zero-order valence-corrected chi connectivity index (χ0v) is 9.54. The van der Waals surface area contributed by atoms with E-state index < -0.39 is 0 Å². The maximum atomic E-state index is 11.4. The van der Waals surface area contributed by atoms with Gasteiger partial charge in [0.2, 0.25) is 5.91 Å². The monoisotopic (exact) mass is 214 g/mol. The molecule has 1 atom stereocenters. The molecule has 4 nitrogen and oxygen atoms in total. The largest absolute Gasteiger partial charge is 0.395 e. The van der Waals surface area contributed by atoms with Crippen molar-refractivity contribution in [3.8, 4) is 0 Å². The van der Waals surface area contributed by atoms with Crippen molar-refractivity contribution in [1.82, 2.24) is 10.2 Å². The van der Waals surface area contributed by atoms with Gasteiger partial charge in [-0.2, -0.15) is 0 Å². The average molecular weight is 214 g/mol. The van der Waals surface area contributed by atoms with Crippen LogP contribution in [0.15, 0.2) is 0 Å². The molecule has 0 saturated carbocycles. The minimum absolute atomic E-state index is 0.0172. The van der Waals surface area contributed by atoms with E-state index in [9.17, 15) is 4.79 Å². The van der Waals surface area contributed by atoms with E-state index in [2.05, 4.69) is 17.1 Å². The second kappa shape index (κ2) is 6.80. The Morgan fingerprint density at radius 1 is 1.60 bits per heavy atom. The Balaban J connectivity index is 2.22. The van der Waals surface area contributed by atoms with Gasteiger partial charge in [0, 0.05) is 13.1 Å². The van der Waals surface area contributed by atoms with Crippen molar-refractivity contribution < 1.29 is 9.90 Å². The molecule has 1 heterocycles. The van der Waals surface area contributed by atoms with Crippen molar-refractivity contribution in [2.75, 3.05) is 32.8 Å². The highest BCUT2D eigenvalue weighted by atomic mass is 16.3. The molecule has 1 saturated heterocycles. The summed E-state index contributed by atoms with van der Waals surface area (Å²) in [7, 11) is 0. The van der Waals surface area contributed by atoms with Gasteiger partial charge in [-0.3, -0.25) is 9.69 Å². The van der Waals surface area contributed by atoms with E-state index in [0.29, 0.717) is 13.1 Å². The highest BCUT2D eigenvalue weighted by Gasteiger charge is 2.19. The number of carbonyl (C=O) groups is 1. The number of carbonyl (C=O) groups excluding carboxylic acids is 1. The lowest BCUT2D eigenvalue weighted by Gasteiger charge is -2.31. The highest BCUT2D eigenvalue weighted by Crippen LogP contribution is 2.18. The van der Waals surface area contributed by atoms with E-state index in [-0.39, 0.29) is 12.5 Å². The summed E-state index contributed by atoms with van der Waals surface area (Å²) in [4.78, 5) is 13.6. The fourth-order valence-electron chi connectivity index (χ4n) is 2.08. The molecule has 1 aliphatic heterocycles. The van der Waals surface area contributed by atoms with Crippen molar-refractivity contribution >= 4 is 5.91 Å². The molecule has 0 aromatic rings. The number of aliphatic hydroxyl groups is 1. The Hall–Kier alpha value is -0.610. The number of hydrogen-bond acceptors (Lipinski definition) is 3. The number of aliphatic hydroxyl groups excluding tert-OH is 1. The van der Waals surface area contributed by atoms with Gasteiger partial charge in [-0.05, 0) is 25.3 Å². The first-order chi connectivity index (χ1) is 7.26. The highest BCUT2D eigenvalue weighted by molar-refractivity contribution is 5.77. The Morgan fingerprint density at radius 2 is 2.40 bits per heavy atom. The van der Waals surface area contributed by atoms with Crippen LogP contribution in [-0.2, 0) is 4.79 Å². The number of hydrogen-bond donors (Lipinski definition) is 2. The molecule has 0 aromatic heterocycles. The topological polar surface area (TPSA) is 52.6 Å². The molecule has 2 N–H and O–H groups in total. The SMILES string of the molecule is CCC1CCCN(CC(=O)NCCO)C1. The molecule has 1 fully saturated rings. The van der Waals surface area contributed by atoms with Crippen molar-refractivity contribution in [1.29, 1.82) is 0 Å². The number of piperidine rings is 1. The molecule has 1 rings (SSSR count). The number of nitrogens with one attached hydrogen (secondary N) is 1. The lowest BCUT2D eigenvalue weighted by Crippen LogP contribution is -2.43. The van der Waals surface area contributed by atoms with Gasteiger partial charge >= 0.3 is 0 Å². The van der Waals surface area contributed by atoms with Crippen LogP contribution in [0.5, 0.6) is 0 Å². The summed E-state index contributed by atoms with van der Waals surface area (Å²) in [5.74, 6) is 0.783. The van der Waals surface area contributed by atoms with Crippen LogP contribution < -0.4 is 5.32 Å². The van der Waals surface area contributed by atoms with Crippen LogP contribution in [0, 0.1) is 5.92 Å². The van der Waals surface area contributed by atoms with E-state index in [1.807, 2.05) is 0 Å². The minimum atomic E-state index is 0.0172. The van der Waals surface area contributed by atoms with Crippen molar-refractivity contribution in [3.05, 3.63) is 0 Å². The maximum Gasteiger partial charge on any atom is 0.234 e. The van der Waals surface area contributed by atoms with Crippen LogP contribution >= 0.6 is 0 Å². The fourth-order valence-corrected chi connectivity index (χ4v) is 2.08. The number of likely N-dealkylation sites (tertiary alicyclic amines) is 1. The zero-order valence-electron chi connectivity index (χ0n) is 9.54. The standard InChI is InChI=1S/C11H22N2O2/c1-2-10-4-3-6-13(8-10)9-11(15)12-5-7-14/h10,14H,2-9H2,1H3,(H,12,15). The first-order valence-corrected chi connectivity index (χ1v) is 5.86. The first kappa shape index (κ1) is 12.5. The Morgan fingerprint density at radius 3 is 3.07 bits per heavy atom. The molecule has 0 aromatic carbocycles. The molecule has 0 spiro atoms. The van der Waals surface area contributed by atoms with Crippen molar-refractivity contribution in [3.63, 3.8) is 0 Å². The van der Waals surface area contributed by atoms with E-state index in [1.165, 1.54) is 19.3 Å². The van der Waals surface area contributed by atoms with Crippen molar-refractivity contribution in [2.24, 2.45) is 5.92 Å². The summed E-state index contributed by atoms with van der Waals surface area (Å²) in [5.41, 5.74) is 0. The lowest BCUT2D eigenvalue weighted by atomic mass is 9.96. The Kier molecular flexibility index (Phi) is 5.65. The number of amides is 1. The van der Waals surface area contributed by atoms with Gasteiger partial charge in [-0.1, -0.05) is 13.3 Å². The molecule has 4 heteroatoms. The summed E-state index contributed by atoms with van der Waals surface area (Å²) >= 11 is 0. The predicted molar refractivity (Wildman–Crippen MR) is 59.6 cm³/mol.